The Morgan fingerprint density at radius 2 is 2.05 bits per heavy atom. The number of aromatic nitrogens is 1. The first kappa shape index (κ1) is 17.4. The molecule has 0 saturated heterocycles. The number of methoxy groups -OCH3 is 1. The largest absolute Gasteiger partial charge is 0.383 e. The Balaban J connectivity index is 2.86. The van der Waals surface area contributed by atoms with Gasteiger partial charge in [-0.3, -0.25) is 0 Å². The molecule has 0 aromatic carbocycles. The average Bonchev–Trinajstić information content (AvgIpc) is 2.85. The predicted octanol–water partition coefficient (Wildman–Crippen LogP) is 3.24. The fourth-order valence-corrected chi connectivity index (χ4v) is 2.96. The molecule has 1 rings (SSSR count). The Labute approximate surface area is 127 Å². The summed E-state index contributed by atoms with van der Waals surface area (Å²) in [4.78, 5) is 8.41. The van der Waals surface area contributed by atoms with Gasteiger partial charge in [0.1, 0.15) is 0 Å². The van der Waals surface area contributed by atoms with Gasteiger partial charge in [-0.15, -0.1) is 11.3 Å². The Kier molecular flexibility index (Phi) is 7.48. The lowest BCUT2D eigenvalue weighted by atomic mass is 10.0. The molecule has 5 heteroatoms. The van der Waals surface area contributed by atoms with Crippen LogP contribution in [0.25, 0.3) is 0 Å². The van der Waals surface area contributed by atoms with E-state index in [1.54, 1.807) is 18.4 Å². The molecule has 0 amide bonds. The number of nitrogens with one attached hydrogen (secondary N) is 1. The van der Waals surface area contributed by atoms with E-state index in [1.807, 2.05) is 0 Å². The number of hydrogen-bond donors (Lipinski definition) is 1. The fourth-order valence-electron chi connectivity index (χ4n) is 1.84. The highest BCUT2D eigenvalue weighted by atomic mass is 32.1. The van der Waals surface area contributed by atoms with Crippen LogP contribution in [0.4, 0.5) is 5.13 Å². The first-order chi connectivity index (χ1) is 9.49. The number of nitrogens with zero attached hydrogens (tertiary/aromatic N) is 2. The van der Waals surface area contributed by atoms with E-state index < -0.39 is 0 Å². The monoisotopic (exact) mass is 299 g/mol. The zero-order valence-corrected chi connectivity index (χ0v) is 14.5. The van der Waals surface area contributed by atoms with Crippen LogP contribution in [0.3, 0.4) is 0 Å². The Bertz CT molecular complexity index is 392. The summed E-state index contributed by atoms with van der Waals surface area (Å²) >= 11 is 1.80. The zero-order valence-electron chi connectivity index (χ0n) is 13.7. The minimum atomic E-state index is 0.497. The minimum absolute atomic E-state index is 0.497. The van der Waals surface area contributed by atoms with Gasteiger partial charge < -0.3 is 15.0 Å². The van der Waals surface area contributed by atoms with E-state index in [0.29, 0.717) is 12.0 Å². The molecular weight excluding hydrogens is 270 g/mol. The maximum absolute atomic E-state index is 5.14. The summed E-state index contributed by atoms with van der Waals surface area (Å²) in [7, 11) is 3.82. The van der Waals surface area contributed by atoms with Crippen molar-refractivity contribution < 1.29 is 4.74 Å². The van der Waals surface area contributed by atoms with Crippen LogP contribution in [0.5, 0.6) is 0 Å². The summed E-state index contributed by atoms with van der Waals surface area (Å²) in [6, 6.07) is 0.497. The lowest BCUT2D eigenvalue weighted by Gasteiger charge is -2.14. The van der Waals surface area contributed by atoms with E-state index in [1.165, 1.54) is 10.6 Å². The van der Waals surface area contributed by atoms with E-state index in [0.717, 1.165) is 31.2 Å². The van der Waals surface area contributed by atoms with Crippen LogP contribution in [-0.2, 0) is 11.3 Å². The van der Waals surface area contributed by atoms with Crippen molar-refractivity contribution in [2.24, 2.45) is 0 Å². The SMILES string of the molecule is CCC(C)c1nc(N(C)CCOC)sc1CNC(C)C. The standard InChI is InChI=1S/C15H29N3OS/c1-7-12(4)14-13(10-16-11(2)3)20-15(17-14)18(5)8-9-19-6/h11-12,16H,7-10H2,1-6H3. The van der Waals surface area contributed by atoms with Gasteiger partial charge in [-0.25, -0.2) is 4.98 Å². The number of ether oxygens (including phenoxy) is 1. The van der Waals surface area contributed by atoms with Crippen molar-refractivity contribution in [3.63, 3.8) is 0 Å². The van der Waals surface area contributed by atoms with E-state index in [4.69, 9.17) is 9.72 Å². The van der Waals surface area contributed by atoms with Crippen molar-refractivity contribution in [2.75, 3.05) is 32.2 Å². The van der Waals surface area contributed by atoms with Crippen molar-refractivity contribution in [3.05, 3.63) is 10.6 Å². The molecule has 0 aliphatic rings. The molecule has 1 atom stereocenters. The average molecular weight is 299 g/mol. The summed E-state index contributed by atoms with van der Waals surface area (Å²) in [5.74, 6) is 0.514. The lowest BCUT2D eigenvalue weighted by Crippen LogP contribution is -2.22. The maximum atomic E-state index is 5.14. The van der Waals surface area contributed by atoms with Gasteiger partial charge in [0.25, 0.3) is 0 Å². The van der Waals surface area contributed by atoms with Crippen LogP contribution >= 0.6 is 11.3 Å². The first-order valence-corrected chi connectivity index (χ1v) is 8.24. The second kappa shape index (κ2) is 8.60. The third-order valence-electron chi connectivity index (χ3n) is 3.42. The molecule has 1 N–H and O–H groups in total. The zero-order chi connectivity index (χ0) is 15.1. The van der Waals surface area contributed by atoms with Gasteiger partial charge in [-0.2, -0.15) is 0 Å². The highest BCUT2D eigenvalue weighted by molar-refractivity contribution is 7.15. The molecule has 1 heterocycles. The van der Waals surface area contributed by atoms with Crippen LogP contribution in [0.15, 0.2) is 0 Å². The third kappa shape index (κ3) is 5.04. The van der Waals surface area contributed by atoms with Gasteiger partial charge in [0.2, 0.25) is 0 Å². The number of likely N-dealkylation sites (N-methyl/N-ethyl adjacent to an activating group) is 1. The summed E-state index contributed by atoms with van der Waals surface area (Å²) in [5, 5.41) is 4.60. The molecule has 0 aliphatic carbocycles. The summed E-state index contributed by atoms with van der Waals surface area (Å²) in [5.41, 5.74) is 1.25. The van der Waals surface area contributed by atoms with E-state index in [-0.39, 0.29) is 0 Å². The normalized spacial score (nSPS) is 12.9. The van der Waals surface area contributed by atoms with Crippen molar-refractivity contribution in [1.82, 2.24) is 10.3 Å². The van der Waals surface area contributed by atoms with Crippen LogP contribution < -0.4 is 10.2 Å². The summed E-state index contributed by atoms with van der Waals surface area (Å²) < 4.78 is 5.14. The Morgan fingerprint density at radius 3 is 2.60 bits per heavy atom. The molecular formula is C15H29N3OS. The van der Waals surface area contributed by atoms with Crippen LogP contribution in [0, 0.1) is 0 Å². The fraction of sp³-hybridized carbons (Fsp3) is 0.800. The summed E-state index contributed by atoms with van der Waals surface area (Å²) in [6.45, 7) is 11.3. The molecule has 1 unspecified atom stereocenters. The maximum Gasteiger partial charge on any atom is 0.185 e. The molecule has 0 spiro atoms. The van der Waals surface area contributed by atoms with Gasteiger partial charge in [-0.1, -0.05) is 27.7 Å². The van der Waals surface area contributed by atoms with Crippen molar-refractivity contribution >= 4 is 16.5 Å². The molecule has 4 nitrogen and oxygen atoms in total. The molecule has 0 bridgehead atoms. The van der Waals surface area contributed by atoms with Crippen molar-refractivity contribution in [3.8, 4) is 0 Å². The van der Waals surface area contributed by atoms with E-state index >= 15 is 0 Å². The lowest BCUT2D eigenvalue weighted by molar-refractivity contribution is 0.206. The van der Waals surface area contributed by atoms with E-state index in [9.17, 15) is 0 Å². The number of hydrogen-bond acceptors (Lipinski definition) is 5. The molecule has 1 aromatic rings. The van der Waals surface area contributed by atoms with Gasteiger partial charge in [0, 0.05) is 38.2 Å². The molecule has 0 saturated carbocycles. The first-order valence-electron chi connectivity index (χ1n) is 7.42. The molecule has 0 aliphatic heterocycles. The molecule has 1 aromatic heterocycles. The minimum Gasteiger partial charge on any atom is -0.383 e. The van der Waals surface area contributed by atoms with Crippen LogP contribution in [0.1, 0.15) is 50.6 Å². The van der Waals surface area contributed by atoms with Crippen molar-refractivity contribution in [1.29, 1.82) is 0 Å². The van der Waals surface area contributed by atoms with Gasteiger partial charge in [0.05, 0.1) is 12.3 Å². The summed E-state index contributed by atoms with van der Waals surface area (Å²) in [6.07, 6.45) is 1.12. The van der Waals surface area contributed by atoms with Crippen LogP contribution in [-0.4, -0.2) is 38.3 Å². The molecule has 0 fully saturated rings. The quantitative estimate of drug-likeness (QED) is 0.759. The number of thiazole rings is 1. The second-order valence-electron chi connectivity index (χ2n) is 5.56. The molecule has 116 valence electrons. The molecule has 0 radical (unpaired) electrons. The topological polar surface area (TPSA) is 37.4 Å². The predicted molar refractivity (Wildman–Crippen MR) is 87.9 cm³/mol. The Hall–Kier alpha value is -0.650. The number of rotatable bonds is 9. The highest BCUT2D eigenvalue weighted by Gasteiger charge is 2.18. The van der Waals surface area contributed by atoms with Gasteiger partial charge in [-0.05, 0) is 12.3 Å². The van der Waals surface area contributed by atoms with Crippen LogP contribution in [0.2, 0.25) is 0 Å². The highest BCUT2D eigenvalue weighted by Crippen LogP contribution is 2.31. The number of anilines is 1. The molecule has 20 heavy (non-hydrogen) atoms. The third-order valence-corrected chi connectivity index (χ3v) is 4.61. The Morgan fingerprint density at radius 1 is 1.35 bits per heavy atom. The van der Waals surface area contributed by atoms with Gasteiger partial charge in [0.15, 0.2) is 5.13 Å². The second-order valence-corrected chi connectivity index (χ2v) is 6.63. The smallest absolute Gasteiger partial charge is 0.185 e. The van der Waals surface area contributed by atoms with E-state index in [2.05, 4.69) is 45.0 Å². The van der Waals surface area contributed by atoms with Gasteiger partial charge >= 0.3 is 0 Å². The van der Waals surface area contributed by atoms with Crippen molar-refractivity contribution in [2.45, 2.75) is 52.6 Å².